The van der Waals surface area contributed by atoms with Crippen molar-refractivity contribution >= 4 is 5.97 Å². The number of hydrogen-bond donors (Lipinski definition) is 2. The zero-order chi connectivity index (χ0) is 9.68. The van der Waals surface area contributed by atoms with Gasteiger partial charge in [0.2, 0.25) is 0 Å². The number of carboxylic acid groups (broad SMARTS) is 1. The molecule has 1 rings (SSSR count). The summed E-state index contributed by atoms with van der Waals surface area (Å²) in [6.45, 7) is 0. The predicted octanol–water partition coefficient (Wildman–Crippen LogP) is 1.63. The number of aliphatic carboxylic acids is 1. The lowest BCUT2D eigenvalue weighted by Crippen LogP contribution is -2.37. The first-order valence-corrected chi connectivity index (χ1v) is 5.13. The van der Waals surface area contributed by atoms with Gasteiger partial charge in [-0.3, -0.25) is 4.79 Å². The largest absolute Gasteiger partial charge is 0.481 e. The monoisotopic (exact) mass is 185 g/mol. The van der Waals surface area contributed by atoms with E-state index in [1.165, 1.54) is 19.3 Å². The van der Waals surface area contributed by atoms with Crippen molar-refractivity contribution in [3.63, 3.8) is 0 Å². The van der Waals surface area contributed by atoms with Crippen molar-refractivity contribution < 1.29 is 9.90 Å². The number of hydrogen-bond acceptors (Lipinski definition) is 2. The summed E-state index contributed by atoms with van der Waals surface area (Å²) in [4.78, 5) is 10.3. The first-order chi connectivity index (χ1) is 6.24. The van der Waals surface area contributed by atoms with Gasteiger partial charge in [0.1, 0.15) is 0 Å². The Balaban J connectivity index is 2.12. The summed E-state index contributed by atoms with van der Waals surface area (Å²) in [5.41, 5.74) is 0. The van der Waals surface area contributed by atoms with E-state index in [2.05, 4.69) is 5.32 Å². The molecule has 1 atom stereocenters. The molecule has 0 spiro atoms. The molecule has 3 nitrogen and oxygen atoms in total. The summed E-state index contributed by atoms with van der Waals surface area (Å²) in [5, 5.41) is 11.8. The van der Waals surface area contributed by atoms with Crippen LogP contribution in [0.1, 0.15) is 38.5 Å². The van der Waals surface area contributed by atoms with Gasteiger partial charge in [-0.05, 0) is 38.6 Å². The van der Waals surface area contributed by atoms with Crippen LogP contribution in [0, 0.1) is 5.92 Å². The summed E-state index contributed by atoms with van der Waals surface area (Å²) >= 11 is 0. The Morgan fingerprint density at radius 3 is 2.69 bits per heavy atom. The van der Waals surface area contributed by atoms with E-state index in [9.17, 15) is 4.79 Å². The van der Waals surface area contributed by atoms with Gasteiger partial charge in [0, 0.05) is 12.5 Å². The van der Waals surface area contributed by atoms with E-state index >= 15 is 0 Å². The predicted molar refractivity (Wildman–Crippen MR) is 51.7 cm³/mol. The summed E-state index contributed by atoms with van der Waals surface area (Å²) in [7, 11) is 1.98. The highest BCUT2D eigenvalue weighted by molar-refractivity contribution is 5.66. The molecule has 1 unspecified atom stereocenters. The molecule has 3 heteroatoms. The van der Waals surface area contributed by atoms with E-state index in [0.29, 0.717) is 12.5 Å². The third-order valence-electron chi connectivity index (χ3n) is 3.00. The number of nitrogens with one attached hydrogen (secondary N) is 1. The minimum Gasteiger partial charge on any atom is -0.481 e. The van der Waals surface area contributed by atoms with E-state index in [1.807, 2.05) is 7.05 Å². The fraction of sp³-hybridized carbons (Fsp3) is 0.900. The third kappa shape index (κ3) is 3.35. The van der Waals surface area contributed by atoms with E-state index in [4.69, 9.17) is 5.11 Å². The average molecular weight is 185 g/mol. The van der Waals surface area contributed by atoms with Gasteiger partial charge in [0.25, 0.3) is 0 Å². The van der Waals surface area contributed by atoms with E-state index in [0.717, 1.165) is 18.8 Å². The normalized spacial score (nSPS) is 19.5. The molecule has 1 saturated carbocycles. The van der Waals surface area contributed by atoms with Crippen LogP contribution in [0.4, 0.5) is 0 Å². The Morgan fingerprint density at radius 2 is 2.31 bits per heavy atom. The molecular formula is C10H19NO2. The Hall–Kier alpha value is -0.570. The molecule has 0 aromatic carbocycles. The molecule has 0 heterocycles. The van der Waals surface area contributed by atoms with Crippen LogP contribution in [-0.2, 0) is 4.79 Å². The third-order valence-corrected chi connectivity index (χ3v) is 3.00. The SMILES string of the molecule is CNC(CCCC(=O)O)C1CCC1. The molecule has 0 saturated heterocycles. The van der Waals surface area contributed by atoms with Crippen LogP contribution in [0.25, 0.3) is 0 Å². The average Bonchev–Trinajstić information content (AvgIpc) is 1.98. The van der Waals surface area contributed by atoms with Gasteiger partial charge in [-0.25, -0.2) is 0 Å². The second-order valence-electron chi connectivity index (χ2n) is 3.87. The minimum atomic E-state index is -0.677. The summed E-state index contributed by atoms with van der Waals surface area (Å²) < 4.78 is 0. The molecule has 13 heavy (non-hydrogen) atoms. The van der Waals surface area contributed by atoms with E-state index in [-0.39, 0.29) is 0 Å². The Kier molecular flexibility index (Phi) is 4.22. The first kappa shape index (κ1) is 10.5. The number of carbonyl (C=O) groups is 1. The Labute approximate surface area is 79.5 Å². The molecule has 0 amide bonds. The van der Waals surface area contributed by atoms with Crippen molar-refractivity contribution in [2.45, 2.75) is 44.6 Å². The van der Waals surface area contributed by atoms with Crippen molar-refractivity contribution in [1.29, 1.82) is 0 Å². The van der Waals surface area contributed by atoms with Crippen molar-refractivity contribution in [2.75, 3.05) is 7.05 Å². The van der Waals surface area contributed by atoms with Crippen LogP contribution < -0.4 is 5.32 Å². The molecule has 1 aliphatic carbocycles. The summed E-state index contributed by atoms with van der Waals surface area (Å²) in [6, 6.07) is 0.549. The molecule has 0 aromatic heterocycles. The standard InChI is InChI=1S/C10H19NO2/c1-11-9(8-4-2-5-8)6-3-7-10(12)13/h8-9,11H,2-7H2,1H3,(H,12,13). The van der Waals surface area contributed by atoms with Gasteiger partial charge >= 0.3 is 5.97 Å². The molecule has 1 aliphatic rings. The highest BCUT2D eigenvalue weighted by Gasteiger charge is 2.25. The van der Waals surface area contributed by atoms with Gasteiger partial charge in [-0.15, -0.1) is 0 Å². The fourth-order valence-electron chi connectivity index (χ4n) is 1.93. The van der Waals surface area contributed by atoms with Gasteiger partial charge in [0.15, 0.2) is 0 Å². The van der Waals surface area contributed by atoms with E-state index < -0.39 is 5.97 Å². The zero-order valence-electron chi connectivity index (χ0n) is 8.25. The highest BCUT2D eigenvalue weighted by Crippen LogP contribution is 2.31. The van der Waals surface area contributed by atoms with Crippen molar-refractivity contribution in [2.24, 2.45) is 5.92 Å². The molecule has 0 aliphatic heterocycles. The molecule has 1 fully saturated rings. The summed E-state index contributed by atoms with van der Waals surface area (Å²) in [6.07, 6.45) is 6.11. The van der Waals surface area contributed by atoms with Gasteiger partial charge < -0.3 is 10.4 Å². The van der Waals surface area contributed by atoms with E-state index in [1.54, 1.807) is 0 Å². The van der Waals surface area contributed by atoms with Crippen molar-refractivity contribution in [1.82, 2.24) is 5.32 Å². The molecule has 0 aromatic rings. The second kappa shape index (κ2) is 5.22. The highest BCUT2D eigenvalue weighted by atomic mass is 16.4. The van der Waals surface area contributed by atoms with Gasteiger partial charge in [-0.2, -0.15) is 0 Å². The molecule has 0 bridgehead atoms. The number of rotatable bonds is 6. The van der Waals surface area contributed by atoms with Crippen LogP contribution in [0.15, 0.2) is 0 Å². The maximum atomic E-state index is 10.3. The van der Waals surface area contributed by atoms with Crippen molar-refractivity contribution in [3.8, 4) is 0 Å². The van der Waals surface area contributed by atoms with Crippen LogP contribution in [0.3, 0.4) is 0 Å². The molecular weight excluding hydrogens is 166 g/mol. The Morgan fingerprint density at radius 1 is 1.62 bits per heavy atom. The topological polar surface area (TPSA) is 49.3 Å². The lowest BCUT2D eigenvalue weighted by atomic mass is 9.78. The smallest absolute Gasteiger partial charge is 0.303 e. The van der Waals surface area contributed by atoms with Crippen molar-refractivity contribution in [3.05, 3.63) is 0 Å². The van der Waals surface area contributed by atoms with Gasteiger partial charge in [-0.1, -0.05) is 6.42 Å². The number of carboxylic acids is 1. The quantitative estimate of drug-likeness (QED) is 0.661. The van der Waals surface area contributed by atoms with Crippen LogP contribution >= 0.6 is 0 Å². The zero-order valence-corrected chi connectivity index (χ0v) is 8.25. The van der Waals surface area contributed by atoms with Crippen LogP contribution in [0.5, 0.6) is 0 Å². The van der Waals surface area contributed by atoms with Gasteiger partial charge in [0.05, 0.1) is 0 Å². The maximum absolute atomic E-state index is 10.3. The Bertz CT molecular complexity index is 166. The molecule has 2 N–H and O–H groups in total. The molecule has 76 valence electrons. The maximum Gasteiger partial charge on any atom is 0.303 e. The van der Waals surface area contributed by atoms with Crippen LogP contribution in [-0.4, -0.2) is 24.2 Å². The first-order valence-electron chi connectivity index (χ1n) is 5.13. The second-order valence-corrected chi connectivity index (χ2v) is 3.87. The minimum absolute atomic E-state index is 0.310. The lowest BCUT2D eigenvalue weighted by molar-refractivity contribution is -0.137. The fourth-order valence-corrected chi connectivity index (χ4v) is 1.93. The summed E-state index contributed by atoms with van der Waals surface area (Å²) in [5.74, 6) is 0.127. The molecule has 0 radical (unpaired) electrons. The van der Waals surface area contributed by atoms with Crippen LogP contribution in [0.2, 0.25) is 0 Å². The lowest BCUT2D eigenvalue weighted by Gasteiger charge is -2.33.